The van der Waals surface area contributed by atoms with Crippen LogP contribution in [0.1, 0.15) is 0 Å². The molecule has 3 heteroatoms. The first-order valence-electron chi connectivity index (χ1n) is 14.8. The van der Waals surface area contributed by atoms with Gasteiger partial charge in [0.15, 0.2) is 5.75 Å². The van der Waals surface area contributed by atoms with Gasteiger partial charge >= 0.3 is 0 Å². The highest BCUT2D eigenvalue weighted by atomic mass is 32.2. The lowest BCUT2D eigenvalue weighted by molar-refractivity contribution is 0.456. The maximum atomic E-state index is 6.43. The lowest BCUT2D eigenvalue weighted by atomic mass is 9.91. The molecule has 0 aliphatic carbocycles. The molecule has 0 fully saturated rings. The number of rotatable bonds is 3. The highest BCUT2D eigenvalue weighted by Gasteiger charge is 2.22. The van der Waals surface area contributed by atoms with Crippen LogP contribution in [0.25, 0.3) is 66.0 Å². The fourth-order valence-electron chi connectivity index (χ4n) is 6.42. The van der Waals surface area contributed by atoms with E-state index in [1.165, 1.54) is 43.4 Å². The summed E-state index contributed by atoms with van der Waals surface area (Å²) >= 11 is 1.74. The fraction of sp³-hybridized carbons (Fsp3) is 0. The first-order chi connectivity index (χ1) is 21.8. The molecule has 2 nitrogen and oxygen atoms in total. The lowest BCUT2D eigenvalue weighted by Crippen LogP contribution is -1.98. The summed E-state index contributed by atoms with van der Waals surface area (Å²) < 4.78 is 6.43. The zero-order valence-corrected chi connectivity index (χ0v) is 24.5. The van der Waals surface area contributed by atoms with E-state index in [4.69, 9.17) is 9.72 Å². The summed E-state index contributed by atoms with van der Waals surface area (Å²) in [6.45, 7) is 0. The van der Waals surface area contributed by atoms with Crippen molar-refractivity contribution >= 4 is 44.1 Å². The zero-order valence-electron chi connectivity index (χ0n) is 23.7. The topological polar surface area (TPSA) is 22.1 Å². The Morgan fingerprint density at radius 1 is 0.409 bits per heavy atom. The molecule has 0 saturated heterocycles. The average molecular weight is 580 g/mol. The van der Waals surface area contributed by atoms with E-state index >= 15 is 0 Å². The molecule has 0 atom stereocenters. The summed E-state index contributed by atoms with van der Waals surface area (Å²) in [6.07, 6.45) is 0. The van der Waals surface area contributed by atoms with Gasteiger partial charge in [0, 0.05) is 11.1 Å². The number of aromatic nitrogens is 1. The van der Waals surface area contributed by atoms with Crippen molar-refractivity contribution in [1.82, 2.24) is 4.98 Å². The van der Waals surface area contributed by atoms with E-state index < -0.39 is 0 Å². The Balaban J connectivity index is 1.18. The van der Waals surface area contributed by atoms with Crippen molar-refractivity contribution in [1.29, 1.82) is 0 Å². The average Bonchev–Trinajstić information content (AvgIpc) is 3.10. The lowest BCUT2D eigenvalue weighted by Gasteiger charge is -2.21. The first kappa shape index (κ1) is 25.1. The normalized spacial score (nSPS) is 12.2. The van der Waals surface area contributed by atoms with Crippen LogP contribution in [0.3, 0.4) is 0 Å². The van der Waals surface area contributed by atoms with Gasteiger partial charge < -0.3 is 4.74 Å². The Bertz CT molecular complexity index is 2380. The third-order valence-corrected chi connectivity index (χ3v) is 9.62. The molecule has 0 unspecified atom stereocenters. The second-order valence-electron chi connectivity index (χ2n) is 11.1. The zero-order chi connectivity index (χ0) is 29.0. The van der Waals surface area contributed by atoms with Gasteiger partial charge in [-0.1, -0.05) is 115 Å². The van der Waals surface area contributed by atoms with E-state index in [1.807, 2.05) is 18.2 Å². The summed E-state index contributed by atoms with van der Waals surface area (Å²) in [5, 5.41) is 7.53. The number of hydrogen-bond acceptors (Lipinski definition) is 3. The predicted molar refractivity (Wildman–Crippen MR) is 184 cm³/mol. The Hall–Kier alpha value is -5.38. The SMILES string of the molecule is c1ccc(-c2ccc3c4ccc(-c5cccc(-c6cccc7c6Oc6ccccc6S7)n5)cc4c4ccccc4c3c2)cc1. The van der Waals surface area contributed by atoms with E-state index in [2.05, 4.69) is 133 Å². The van der Waals surface area contributed by atoms with Crippen molar-refractivity contribution in [3.8, 4) is 45.1 Å². The highest BCUT2D eigenvalue weighted by Crippen LogP contribution is 2.50. The second kappa shape index (κ2) is 10.1. The predicted octanol–water partition coefficient (Wildman–Crippen LogP) is 11.8. The van der Waals surface area contributed by atoms with Gasteiger partial charge in [-0.2, -0.15) is 0 Å². The molecule has 0 radical (unpaired) electrons. The van der Waals surface area contributed by atoms with Crippen LogP contribution < -0.4 is 4.74 Å². The number of pyridine rings is 1. The van der Waals surface area contributed by atoms with Gasteiger partial charge in [0.05, 0.1) is 21.2 Å². The fourth-order valence-corrected chi connectivity index (χ4v) is 7.41. The molecule has 0 bridgehead atoms. The van der Waals surface area contributed by atoms with Crippen molar-refractivity contribution in [3.63, 3.8) is 0 Å². The van der Waals surface area contributed by atoms with E-state index in [9.17, 15) is 0 Å². The maximum absolute atomic E-state index is 6.43. The second-order valence-corrected chi connectivity index (χ2v) is 12.2. The maximum Gasteiger partial charge on any atom is 0.150 e. The van der Waals surface area contributed by atoms with Crippen LogP contribution >= 0.6 is 11.8 Å². The Labute approximate surface area is 259 Å². The Kier molecular flexibility index (Phi) is 5.78. The summed E-state index contributed by atoms with van der Waals surface area (Å²) in [5.41, 5.74) is 6.39. The molecule has 8 aromatic rings. The van der Waals surface area contributed by atoms with Gasteiger partial charge in [0.2, 0.25) is 0 Å². The highest BCUT2D eigenvalue weighted by molar-refractivity contribution is 7.99. The molecule has 44 heavy (non-hydrogen) atoms. The number of fused-ring (bicyclic) bond motifs is 8. The molecule has 206 valence electrons. The minimum absolute atomic E-state index is 0.867. The minimum Gasteiger partial charge on any atom is -0.454 e. The quantitative estimate of drug-likeness (QED) is 0.194. The summed E-state index contributed by atoms with van der Waals surface area (Å²) in [7, 11) is 0. The van der Waals surface area contributed by atoms with Gasteiger partial charge in [-0.05, 0) is 92.0 Å². The molecule has 7 aromatic carbocycles. The monoisotopic (exact) mass is 579 g/mol. The molecular formula is C41H25NOS. The van der Waals surface area contributed by atoms with Crippen LogP contribution in [0.15, 0.2) is 161 Å². The van der Waals surface area contributed by atoms with Gasteiger partial charge in [0.1, 0.15) is 5.75 Å². The van der Waals surface area contributed by atoms with Gasteiger partial charge in [-0.15, -0.1) is 0 Å². The first-order valence-corrected chi connectivity index (χ1v) is 15.6. The van der Waals surface area contributed by atoms with Gasteiger partial charge in [-0.3, -0.25) is 0 Å². The molecule has 0 N–H and O–H groups in total. The number of hydrogen-bond donors (Lipinski definition) is 0. The third-order valence-electron chi connectivity index (χ3n) is 8.52. The molecule has 0 amide bonds. The van der Waals surface area contributed by atoms with Crippen LogP contribution in [0, 0.1) is 0 Å². The van der Waals surface area contributed by atoms with Crippen LogP contribution in [0.5, 0.6) is 11.5 Å². The third kappa shape index (κ3) is 4.09. The van der Waals surface area contributed by atoms with Crippen LogP contribution in [-0.4, -0.2) is 4.98 Å². The van der Waals surface area contributed by atoms with Crippen molar-refractivity contribution in [2.45, 2.75) is 9.79 Å². The molecule has 0 spiro atoms. The molecule has 2 heterocycles. The Morgan fingerprint density at radius 2 is 1.02 bits per heavy atom. The van der Waals surface area contributed by atoms with Crippen molar-refractivity contribution in [2.75, 3.05) is 0 Å². The molecule has 1 aromatic heterocycles. The number of para-hydroxylation sites is 2. The van der Waals surface area contributed by atoms with Crippen LogP contribution in [0.4, 0.5) is 0 Å². The summed E-state index contributed by atoms with van der Waals surface area (Å²) in [5.74, 6) is 1.75. The van der Waals surface area contributed by atoms with Crippen molar-refractivity contribution < 1.29 is 4.74 Å². The van der Waals surface area contributed by atoms with Crippen LogP contribution in [-0.2, 0) is 0 Å². The number of benzene rings is 7. The molecule has 0 saturated carbocycles. The summed E-state index contributed by atoms with van der Waals surface area (Å²) in [6, 6.07) is 53.7. The molecule has 1 aliphatic rings. The molecule has 1 aliphatic heterocycles. The van der Waals surface area contributed by atoms with E-state index in [-0.39, 0.29) is 0 Å². The molecule has 9 rings (SSSR count). The largest absolute Gasteiger partial charge is 0.454 e. The smallest absolute Gasteiger partial charge is 0.150 e. The van der Waals surface area contributed by atoms with Crippen LogP contribution in [0.2, 0.25) is 0 Å². The number of ether oxygens (including phenoxy) is 1. The minimum atomic E-state index is 0.867. The number of nitrogens with zero attached hydrogens (tertiary/aromatic N) is 1. The van der Waals surface area contributed by atoms with E-state index in [0.29, 0.717) is 0 Å². The van der Waals surface area contributed by atoms with Gasteiger partial charge in [-0.25, -0.2) is 4.98 Å². The van der Waals surface area contributed by atoms with Gasteiger partial charge in [0.25, 0.3) is 0 Å². The molecular weight excluding hydrogens is 555 g/mol. The van der Waals surface area contributed by atoms with E-state index in [0.717, 1.165) is 43.8 Å². The Morgan fingerprint density at radius 3 is 1.84 bits per heavy atom. The van der Waals surface area contributed by atoms with E-state index in [1.54, 1.807) is 11.8 Å². The standard InChI is InChI=1S/C41H25NOS/c1-2-10-26(11-3-1)27-20-22-31-32-23-21-28(25-35(32)30-13-5-4-12-29(30)34(31)24-27)36-15-9-16-37(42-36)33-14-8-19-40-41(33)43-38-17-6-7-18-39(38)44-40/h1-25H. The van der Waals surface area contributed by atoms with Crippen molar-refractivity contribution in [2.24, 2.45) is 0 Å². The summed E-state index contributed by atoms with van der Waals surface area (Å²) in [4.78, 5) is 7.42. The van der Waals surface area contributed by atoms with Crippen molar-refractivity contribution in [3.05, 3.63) is 152 Å².